The number of rotatable bonds is 1. The zero-order valence-corrected chi connectivity index (χ0v) is 13.0. The summed E-state index contributed by atoms with van der Waals surface area (Å²) in [6.45, 7) is 5.85. The first-order valence-corrected chi connectivity index (χ1v) is 8.26. The van der Waals surface area contributed by atoms with Gasteiger partial charge in [0.05, 0.1) is 11.9 Å². The third-order valence-corrected chi connectivity index (χ3v) is 5.64. The van der Waals surface area contributed by atoms with Crippen LogP contribution in [-0.4, -0.2) is 44.6 Å². The first kappa shape index (κ1) is 13.6. The number of fused-ring (bicyclic) bond motifs is 1. The minimum Gasteiger partial charge on any atom is -0.397 e. The molecule has 2 aromatic rings. The Hall–Kier alpha value is -1.34. The van der Waals surface area contributed by atoms with Crippen molar-refractivity contribution in [1.29, 1.82) is 0 Å². The quantitative estimate of drug-likeness (QED) is 0.874. The van der Waals surface area contributed by atoms with Gasteiger partial charge >= 0.3 is 0 Å². The van der Waals surface area contributed by atoms with E-state index < -0.39 is 0 Å². The van der Waals surface area contributed by atoms with Crippen LogP contribution < -0.4 is 5.73 Å². The molecule has 1 aliphatic rings. The van der Waals surface area contributed by atoms with E-state index in [1.54, 1.807) is 6.20 Å². The first-order valence-electron chi connectivity index (χ1n) is 6.50. The van der Waals surface area contributed by atoms with Gasteiger partial charge in [0.2, 0.25) is 0 Å². The van der Waals surface area contributed by atoms with E-state index in [1.165, 1.54) is 11.3 Å². The van der Waals surface area contributed by atoms with Crippen LogP contribution in [-0.2, 0) is 0 Å². The lowest BCUT2D eigenvalue weighted by molar-refractivity contribution is 0.0759. The van der Waals surface area contributed by atoms with E-state index in [0.29, 0.717) is 21.1 Å². The molecule has 1 saturated heterocycles. The number of nitrogen functional groups attached to an aromatic ring is 1. The van der Waals surface area contributed by atoms with Crippen LogP contribution in [0.2, 0.25) is 0 Å². The van der Waals surface area contributed by atoms with Crippen LogP contribution in [0.1, 0.15) is 23.5 Å². The average molecular weight is 308 g/mol. The first-order chi connectivity index (χ1) is 9.56. The summed E-state index contributed by atoms with van der Waals surface area (Å²) >= 11 is 3.25. The highest BCUT2D eigenvalue weighted by Gasteiger charge is 2.29. The maximum absolute atomic E-state index is 12.7. The van der Waals surface area contributed by atoms with Crippen molar-refractivity contribution < 1.29 is 4.79 Å². The molecular formula is C13H16N4OS2. The highest BCUT2D eigenvalue weighted by Crippen LogP contribution is 2.34. The predicted octanol–water partition coefficient (Wildman–Crippen LogP) is 2.24. The van der Waals surface area contributed by atoms with Crippen molar-refractivity contribution in [3.8, 4) is 0 Å². The highest BCUT2D eigenvalue weighted by molar-refractivity contribution is 8.00. The van der Waals surface area contributed by atoms with Gasteiger partial charge in [-0.15, -0.1) is 16.4 Å². The van der Waals surface area contributed by atoms with Crippen LogP contribution in [0, 0.1) is 0 Å². The molecule has 0 radical (unpaired) electrons. The molecule has 0 aliphatic carbocycles. The second-order valence-electron chi connectivity index (χ2n) is 5.06. The number of amides is 1. The molecule has 0 spiro atoms. The summed E-state index contributed by atoms with van der Waals surface area (Å²) < 4.78 is 0. The van der Waals surface area contributed by atoms with Crippen LogP contribution in [0.5, 0.6) is 0 Å². The molecule has 20 heavy (non-hydrogen) atoms. The molecule has 106 valence electrons. The van der Waals surface area contributed by atoms with E-state index in [2.05, 4.69) is 24.0 Å². The van der Waals surface area contributed by atoms with Gasteiger partial charge in [0.1, 0.15) is 9.71 Å². The van der Waals surface area contributed by atoms with Crippen LogP contribution >= 0.6 is 23.1 Å². The number of nitrogens with zero attached hydrogens (tertiary/aromatic N) is 3. The molecule has 2 atom stereocenters. The van der Waals surface area contributed by atoms with Crippen LogP contribution in [0.4, 0.5) is 5.69 Å². The molecular weight excluding hydrogens is 292 g/mol. The van der Waals surface area contributed by atoms with E-state index in [9.17, 15) is 4.79 Å². The molecule has 1 aliphatic heterocycles. The topological polar surface area (TPSA) is 72.1 Å². The molecule has 2 unspecified atom stereocenters. The second-order valence-corrected chi connectivity index (χ2v) is 7.94. The van der Waals surface area contributed by atoms with Crippen molar-refractivity contribution in [1.82, 2.24) is 15.1 Å². The predicted molar refractivity (Wildman–Crippen MR) is 84.2 cm³/mol. The van der Waals surface area contributed by atoms with Crippen molar-refractivity contribution in [3.05, 3.63) is 17.1 Å². The summed E-state index contributed by atoms with van der Waals surface area (Å²) in [7, 11) is 0. The summed E-state index contributed by atoms with van der Waals surface area (Å²) in [5.41, 5.74) is 6.64. The molecule has 0 aromatic carbocycles. The average Bonchev–Trinajstić information content (AvgIpc) is 2.75. The number of nitrogens with two attached hydrogens (primary N) is 1. The number of hydrogen-bond donors (Lipinski definition) is 1. The van der Waals surface area contributed by atoms with E-state index in [4.69, 9.17) is 5.73 Å². The third kappa shape index (κ3) is 2.35. The highest BCUT2D eigenvalue weighted by atomic mass is 32.2. The Morgan fingerprint density at radius 1 is 1.40 bits per heavy atom. The van der Waals surface area contributed by atoms with Crippen molar-refractivity contribution in [2.24, 2.45) is 0 Å². The maximum atomic E-state index is 12.7. The third-order valence-electron chi connectivity index (χ3n) is 3.32. The van der Waals surface area contributed by atoms with E-state index >= 15 is 0 Å². The Bertz CT molecular complexity index is 647. The zero-order valence-electron chi connectivity index (χ0n) is 11.4. The molecule has 0 saturated carbocycles. The van der Waals surface area contributed by atoms with E-state index in [0.717, 1.165) is 23.3 Å². The molecule has 3 rings (SSSR count). The van der Waals surface area contributed by atoms with Gasteiger partial charge < -0.3 is 10.6 Å². The molecule has 1 amide bonds. The standard InChI is InChI=1S/C13H16N4OS2/c1-7-5-17(6-8(2)19-7)13(18)11-10(14)9-3-4-15-16-12(9)20-11/h3-4,7-8H,5-6,14H2,1-2H3. The lowest BCUT2D eigenvalue weighted by atomic mass is 10.2. The summed E-state index contributed by atoms with van der Waals surface area (Å²) in [5.74, 6) is 0.0181. The number of thioether (sulfide) groups is 1. The second kappa shape index (κ2) is 5.21. The van der Waals surface area contributed by atoms with Gasteiger partial charge in [-0.05, 0) is 6.07 Å². The summed E-state index contributed by atoms with van der Waals surface area (Å²) in [4.78, 5) is 15.9. The molecule has 5 nitrogen and oxygen atoms in total. The summed E-state index contributed by atoms with van der Waals surface area (Å²) in [6, 6.07) is 1.81. The lowest BCUT2D eigenvalue weighted by Crippen LogP contribution is -2.43. The van der Waals surface area contributed by atoms with Crippen LogP contribution in [0.3, 0.4) is 0 Å². The van der Waals surface area contributed by atoms with Crippen molar-refractivity contribution in [2.45, 2.75) is 24.3 Å². The Morgan fingerprint density at radius 2 is 2.10 bits per heavy atom. The minimum atomic E-state index is 0.0181. The SMILES string of the molecule is CC1CN(C(=O)c2sc3nnccc3c2N)CC(C)S1. The number of carbonyl (C=O) groups excluding carboxylic acids is 1. The Morgan fingerprint density at radius 3 is 2.75 bits per heavy atom. The molecule has 7 heteroatoms. The maximum Gasteiger partial charge on any atom is 0.266 e. The van der Waals surface area contributed by atoms with Crippen molar-refractivity contribution in [3.63, 3.8) is 0 Å². The van der Waals surface area contributed by atoms with Gasteiger partial charge in [0.25, 0.3) is 5.91 Å². The number of thiophene rings is 1. The van der Waals surface area contributed by atoms with Gasteiger partial charge in [0.15, 0.2) is 0 Å². The van der Waals surface area contributed by atoms with Crippen LogP contribution in [0.15, 0.2) is 12.3 Å². The monoisotopic (exact) mass is 308 g/mol. The fourth-order valence-corrected chi connectivity index (χ4v) is 4.85. The Balaban J connectivity index is 1.94. The van der Waals surface area contributed by atoms with Gasteiger partial charge in [-0.25, -0.2) is 0 Å². The van der Waals surface area contributed by atoms with Crippen LogP contribution in [0.25, 0.3) is 10.2 Å². The summed E-state index contributed by atoms with van der Waals surface area (Å²) in [5, 5.41) is 9.61. The fourth-order valence-electron chi connectivity index (χ4n) is 2.52. The Labute approximate surface area is 125 Å². The summed E-state index contributed by atoms with van der Waals surface area (Å²) in [6.07, 6.45) is 1.60. The molecule has 2 aromatic heterocycles. The van der Waals surface area contributed by atoms with Gasteiger partial charge in [-0.1, -0.05) is 13.8 Å². The number of anilines is 1. The number of hydrogen-bond acceptors (Lipinski definition) is 6. The van der Waals surface area contributed by atoms with Crippen molar-refractivity contribution >= 4 is 44.9 Å². The molecule has 3 heterocycles. The smallest absolute Gasteiger partial charge is 0.266 e. The zero-order chi connectivity index (χ0) is 14.3. The van der Waals surface area contributed by atoms with Crippen molar-refractivity contribution in [2.75, 3.05) is 18.8 Å². The number of aromatic nitrogens is 2. The molecule has 0 bridgehead atoms. The van der Waals surface area contributed by atoms with Gasteiger partial charge in [-0.2, -0.15) is 16.9 Å². The number of carbonyl (C=O) groups is 1. The fraction of sp³-hybridized carbons (Fsp3) is 0.462. The van der Waals surface area contributed by atoms with E-state index in [1.807, 2.05) is 22.7 Å². The van der Waals surface area contributed by atoms with E-state index in [-0.39, 0.29) is 5.91 Å². The molecule has 2 N–H and O–H groups in total. The lowest BCUT2D eigenvalue weighted by Gasteiger charge is -2.34. The normalized spacial score (nSPS) is 23.2. The minimum absolute atomic E-state index is 0.0181. The van der Waals surface area contributed by atoms with Gasteiger partial charge in [-0.3, -0.25) is 4.79 Å². The Kier molecular flexibility index (Phi) is 3.55. The molecule has 1 fully saturated rings. The largest absolute Gasteiger partial charge is 0.397 e. The van der Waals surface area contributed by atoms with Gasteiger partial charge in [0, 0.05) is 29.0 Å².